The van der Waals surface area contributed by atoms with Crippen molar-refractivity contribution < 1.29 is 13.9 Å². The number of furan rings is 1. The Bertz CT molecular complexity index is 1210. The molecule has 0 atom stereocenters. The van der Waals surface area contributed by atoms with Crippen molar-refractivity contribution in [1.29, 1.82) is 0 Å². The lowest BCUT2D eigenvalue weighted by Gasteiger charge is -2.16. The lowest BCUT2D eigenvalue weighted by Crippen LogP contribution is -2.30. The Hall–Kier alpha value is -3.38. The molecule has 31 heavy (non-hydrogen) atoms. The number of aryl methyl sites for hydroxylation is 3. The van der Waals surface area contributed by atoms with Crippen LogP contribution in [0.5, 0.6) is 5.75 Å². The molecular weight excluding hydrogens is 408 g/mol. The van der Waals surface area contributed by atoms with Crippen molar-refractivity contribution in [3.63, 3.8) is 0 Å². The number of hydrogen-bond donors (Lipinski definition) is 1. The van der Waals surface area contributed by atoms with Gasteiger partial charge in [-0.3, -0.25) is 9.69 Å². The Morgan fingerprint density at radius 1 is 1.13 bits per heavy atom. The maximum atomic E-state index is 12.9. The molecule has 0 radical (unpaired) electrons. The van der Waals surface area contributed by atoms with Gasteiger partial charge in [0.2, 0.25) is 0 Å². The number of anilines is 1. The first-order chi connectivity index (χ1) is 15.1. The summed E-state index contributed by atoms with van der Waals surface area (Å²) < 4.78 is 11.8. The molecule has 6 heteroatoms. The quantitative estimate of drug-likeness (QED) is 0.460. The average Bonchev–Trinajstić information content (AvgIpc) is 3.47. The number of nitrogens with one attached hydrogen (secondary N) is 1. The van der Waals surface area contributed by atoms with E-state index in [1.54, 1.807) is 6.08 Å². The van der Waals surface area contributed by atoms with Crippen LogP contribution in [0.4, 0.5) is 5.69 Å². The Balaban J connectivity index is 1.28. The number of fused-ring (bicyclic) bond motifs is 1. The molecule has 0 unspecified atom stereocenters. The second kappa shape index (κ2) is 8.04. The summed E-state index contributed by atoms with van der Waals surface area (Å²) in [7, 11) is 0. The number of amides is 1. The fourth-order valence-electron chi connectivity index (χ4n) is 4.05. The summed E-state index contributed by atoms with van der Waals surface area (Å²) >= 11 is 5.39. The number of carbonyl (C=O) groups excluding carboxylic acids is 1. The van der Waals surface area contributed by atoms with Crippen LogP contribution in [0.3, 0.4) is 0 Å². The van der Waals surface area contributed by atoms with Gasteiger partial charge in [-0.1, -0.05) is 24.3 Å². The van der Waals surface area contributed by atoms with E-state index in [0.29, 0.717) is 28.9 Å². The maximum Gasteiger partial charge on any atom is 0.281 e. The predicted octanol–water partition coefficient (Wildman–Crippen LogP) is 4.92. The molecule has 5 nitrogen and oxygen atoms in total. The van der Waals surface area contributed by atoms with Gasteiger partial charge in [-0.25, -0.2) is 0 Å². The van der Waals surface area contributed by atoms with E-state index in [9.17, 15) is 4.79 Å². The average molecular weight is 431 g/mol. The van der Waals surface area contributed by atoms with Gasteiger partial charge >= 0.3 is 0 Å². The zero-order valence-corrected chi connectivity index (χ0v) is 18.0. The van der Waals surface area contributed by atoms with Crippen LogP contribution in [-0.4, -0.2) is 11.0 Å². The van der Waals surface area contributed by atoms with E-state index in [2.05, 4.69) is 17.4 Å². The topological polar surface area (TPSA) is 54.7 Å². The second-order valence-electron chi connectivity index (χ2n) is 7.79. The van der Waals surface area contributed by atoms with Gasteiger partial charge in [0, 0.05) is 6.08 Å². The van der Waals surface area contributed by atoms with Gasteiger partial charge in [0.15, 0.2) is 5.11 Å². The minimum absolute atomic E-state index is 0.202. The number of para-hydroxylation sites is 1. The third-order valence-electron chi connectivity index (χ3n) is 5.65. The van der Waals surface area contributed by atoms with Crippen LogP contribution in [0, 0.1) is 6.92 Å². The molecule has 1 aliphatic heterocycles. The van der Waals surface area contributed by atoms with Gasteiger partial charge < -0.3 is 14.5 Å². The lowest BCUT2D eigenvalue weighted by atomic mass is 10.1. The molecule has 1 N–H and O–H groups in total. The monoisotopic (exact) mass is 430 g/mol. The third kappa shape index (κ3) is 3.86. The fourth-order valence-corrected chi connectivity index (χ4v) is 4.34. The smallest absolute Gasteiger partial charge is 0.281 e. The van der Waals surface area contributed by atoms with E-state index in [0.717, 1.165) is 29.8 Å². The highest BCUT2D eigenvalue weighted by molar-refractivity contribution is 7.80. The molecule has 0 saturated carbocycles. The molecule has 2 aliphatic rings. The number of thiocarbonyl (C=S) groups is 1. The minimum atomic E-state index is -0.202. The summed E-state index contributed by atoms with van der Waals surface area (Å²) in [5.74, 6) is 1.91. The molecule has 156 valence electrons. The van der Waals surface area contributed by atoms with Crippen molar-refractivity contribution in [2.45, 2.75) is 32.8 Å². The fraction of sp³-hybridized carbons (Fsp3) is 0.200. The Morgan fingerprint density at radius 3 is 2.84 bits per heavy atom. The molecule has 1 aromatic heterocycles. The molecule has 0 bridgehead atoms. The lowest BCUT2D eigenvalue weighted by molar-refractivity contribution is -0.113. The molecule has 3 aromatic rings. The van der Waals surface area contributed by atoms with Crippen LogP contribution in [0.2, 0.25) is 0 Å². The highest BCUT2D eigenvalue weighted by Crippen LogP contribution is 2.28. The number of ether oxygens (including phenoxy) is 1. The normalized spacial score (nSPS) is 16.7. The number of carbonyl (C=O) groups is 1. The molecule has 5 rings (SSSR count). The summed E-state index contributed by atoms with van der Waals surface area (Å²) in [6.45, 7) is 2.28. The molecule has 1 fully saturated rings. The molecular formula is C25H22N2O3S. The third-order valence-corrected chi connectivity index (χ3v) is 5.94. The van der Waals surface area contributed by atoms with Crippen LogP contribution < -0.4 is 15.0 Å². The molecule has 2 aromatic carbocycles. The summed E-state index contributed by atoms with van der Waals surface area (Å²) in [6, 6.07) is 17.6. The van der Waals surface area contributed by atoms with E-state index in [-0.39, 0.29) is 5.91 Å². The SMILES string of the molecule is Cc1ccccc1N1C(=O)/C(=C\c2ccc(COc3ccc4c(c3)CCC4)o2)NC1=S. The molecule has 1 saturated heterocycles. The highest BCUT2D eigenvalue weighted by Gasteiger charge is 2.32. The van der Waals surface area contributed by atoms with Crippen molar-refractivity contribution in [1.82, 2.24) is 5.32 Å². The van der Waals surface area contributed by atoms with E-state index < -0.39 is 0 Å². The van der Waals surface area contributed by atoms with Gasteiger partial charge in [0.1, 0.15) is 29.6 Å². The van der Waals surface area contributed by atoms with Gasteiger partial charge in [-0.2, -0.15) is 0 Å². The summed E-state index contributed by atoms with van der Waals surface area (Å²) in [5, 5.41) is 3.36. The van der Waals surface area contributed by atoms with Gasteiger partial charge in [0.05, 0.1) is 5.69 Å². The first kappa shape index (κ1) is 19.6. The van der Waals surface area contributed by atoms with E-state index >= 15 is 0 Å². The highest BCUT2D eigenvalue weighted by atomic mass is 32.1. The summed E-state index contributed by atoms with van der Waals surface area (Å²) in [5.41, 5.74) is 4.93. The molecule has 0 spiro atoms. The second-order valence-corrected chi connectivity index (χ2v) is 8.18. The largest absolute Gasteiger partial charge is 0.486 e. The first-order valence-electron chi connectivity index (χ1n) is 10.3. The maximum absolute atomic E-state index is 12.9. The van der Waals surface area contributed by atoms with E-state index in [1.807, 2.05) is 49.4 Å². The summed E-state index contributed by atoms with van der Waals surface area (Å²) in [6.07, 6.45) is 5.16. The molecule has 1 amide bonds. The van der Waals surface area contributed by atoms with Crippen molar-refractivity contribution in [3.8, 4) is 5.75 Å². The minimum Gasteiger partial charge on any atom is -0.486 e. The van der Waals surface area contributed by atoms with Crippen molar-refractivity contribution in [3.05, 3.63) is 88.5 Å². The Morgan fingerprint density at radius 2 is 1.97 bits per heavy atom. The van der Waals surface area contributed by atoms with Gasteiger partial charge in [-0.15, -0.1) is 0 Å². The number of rotatable bonds is 5. The first-order valence-corrected chi connectivity index (χ1v) is 10.8. The van der Waals surface area contributed by atoms with Crippen LogP contribution >= 0.6 is 12.2 Å². The van der Waals surface area contributed by atoms with Crippen LogP contribution in [0.1, 0.15) is 34.6 Å². The van der Waals surface area contributed by atoms with Crippen molar-refractivity contribution >= 4 is 35.0 Å². The zero-order valence-electron chi connectivity index (χ0n) is 17.2. The van der Waals surface area contributed by atoms with Crippen LogP contribution in [0.25, 0.3) is 6.08 Å². The number of benzene rings is 2. The van der Waals surface area contributed by atoms with E-state index in [1.165, 1.54) is 22.4 Å². The molecule has 2 heterocycles. The van der Waals surface area contributed by atoms with Crippen molar-refractivity contribution in [2.75, 3.05) is 4.90 Å². The number of hydrogen-bond acceptors (Lipinski definition) is 4. The molecule has 1 aliphatic carbocycles. The zero-order chi connectivity index (χ0) is 21.4. The summed E-state index contributed by atoms with van der Waals surface area (Å²) in [4.78, 5) is 14.4. The van der Waals surface area contributed by atoms with Crippen LogP contribution in [0.15, 0.2) is 64.7 Å². The van der Waals surface area contributed by atoms with Crippen LogP contribution in [-0.2, 0) is 24.2 Å². The Labute approximate surface area is 186 Å². The predicted molar refractivity (Wildman–Crippen MR) is 124 cm³/mol. The van der Waals surface area contributed by atoms with Gasteiger partial charge in [0.25, 0.3) is 5.91 Å². The Kier molecular flexibility index (Phi) is 5.08. The van der Waals surface area contributed by atoms with Gasteiger partial charge in [-0.05, 0) is 85.4 Å². The van der Waals surface area contributed by atoms with E-state index in [4.69, 9.17) is 21.4 Å². The number of nitrogens with zero attached hydrogens (tertiary/aromatic N) is 1. The standard InChI is InChI=1S/C25H22N2O3S/c1-16-5-2-3-8-23(16)27-24(28)22(26-25(27)31)14-20-11-12-21(30-20)15-29-19-10-9-17-6-4-7-18(17)13-19/h2-3,5,8-14H,4,6-7,15H2,1H3,(H,26,31)/b22-14+. The van der Waals surface area contributed by atoms with Crippen molar-refractivity contribution in [2.24, 2.45) is 0 Å².